The van der Waals surface area contributed by atoms with Crippen molar-refractivity contribution in [3.63, 3.8) is 0 Å². The van der Waals surface area contributed by atoms with Crippen LogP contribution in [0.5, 0.6) is 0 Å². The van der Waals surface area contributed by atoms with Crippen molar-refractivity contribution in [1.82, 2.24) is 24.5 Å². The van der Waals surface area contributed by atoms with E-state index in [-0.39, 0.29) is 0 Å². The zero-order chi connectivity index (χ0) is 32.3. The summed E-state index contributed by atoms with van der Waals surface area (Å²) in [4.78, 5) is 27.0. The van der Waals surface area contributed by atoms with Gasteiger partial charge in [0.25, 0.3) is 5.91 Å². The number of carbonyl (C=O) groups is 1. The maximum Gasteiger partial charge on any atom is 0.261 e. The third kappa shape index (κ3) is 6.25. The van der Waals surface area contributed by atoms with Crippen molar-refractivity contribution >= 4 is 34.4 Å². The van der Waals surface area contributed by atoms with E-state index in [1.807, 2.05) is 48.7 Å². The molecule has 3 aromatic heterocycles. The smallest absolute Gasteiger partial charge is 0.261 e. The van der Waals surface area contributed by atoms with E-state index in [0.29, 0.717) is 28.6 Å². The Bertz CT molecular complexity index is 2030. The summed E-state index contributed by atoms with van der Waals surface area (Å²) in [6.07, 6.45) is 3.54. The van der Waals surface area contributed by atoms with E-state index < -0.39 is 23.1 Å². The Kier molecular flexibility index (Phi) is 8.28. The van der Waals surface area contributed by atoms with Crippen LogP contribution in [0.25, 0.3) is 28.0 Å². The van der Waals surface area contributed by atoms with E-state index in [9.17, 15) is 13.6 Å². The highest BCUT2D eigenvalue weighted by Gasteiger charge is 2.21. The number of hydrogen-bond donors (Lipinski definition) is 2. The summed E-state index contributed by atoms with van der Waals surface area (Å²) in [6, 6.07) is 26.2. The molecule has 3 aromatic carbocycles. The first-order valence-electron chi connectivity index (χ1n) is 15.5. The standard InChI is InChI=1S/C36H32F2N8O/c1-2-44-19-21-45(22-20-44)27-14-12-25(13-15-27)41-36-39-17-16-30(42-36)33-31-11-3-4-18-46(31)43-34(33)24-7-5-8-26(23-24)40-35(47)32-28(37)9-6-10-29(32)38/h3-18,23H,2,19-22H2,1H3,(H,40,47)(H,39,41,42). The number of anilines is 4. The van der Waals surface area contributed by atoms with Crippen LogP contribution in [-0.4, -0.2) is 63.1 Å². The number of carbonyl (C=O) groups excluding carboxylic acids is 1. The Morgan fingerprint density at radius 3 is 2.38 bits per heavy atom. The van der Waals surface area contributed by atoms with Crippen LogP contribution in [0.15, 0.2) is 103 Å². The van der Waals surface area contributed by atoms with Crippen molar-refractivity contribution in [3.8, 4) is 22.5 Å². The van der Waals surface area contributed by atoms with Gasteiger partial charge in [-0.15, -0.1) is 0 Å². The summed E-state index contributed by atoms with van der Waals surface area (Å²) < 4.78 is 30.3. The Morgan fingerprint density at radius 2 is 1.62 bits per heavy atom. The molecule has 0 bridgehead atoms. The van der Waals surface area contributed by atoms with Gasteiger partial charge in [0.15, 0.2) is 0 Å². The predicted molar refractivity (Wildman–Crippen MR) is 180 cm³/mol. The summed E-state index contributed by atoms with van der Waals surface area (Å²) in [5, 5.41) is 10.8. The Morgan fingerprint density at radius 1 is 0.851 bits per heavy atom. The highest BCUT2D eigenvalue weighted by Crippen LogP contribution is 2.35. The second-order valence-corrected chi connectivity index (χ2v) is 11.2. The normalized spacial score (nSPS) is 13.6. The van der Waals surface area contributed by atoms with Crippen molar-refractivity contribution in [2.75, 3.05) is 48.3 Å². The van der Waals surface area contributed by atoms with E-state index in [2.05, 4.69) is 44.5 Å². The van der Waals surface area contributed by atoms with Gasteiger partial charge in [0.1, 0.15) is 22.9 Å². The van der Waals surface area contributed by atoms with Gasteiger partial charge in [0.05, 0.1) is 16.8 Å². The molecule has 0 atom stereocenters. The molecule has 4 heterocycles. The van der Waals surface area contributed by atoms with Crippen molar-refractivity contribution in [2.45, 2.75) is 6.92 Å². The molecule has 0 radical (unpaired) electrons. The van der Waals surface area contributed by atoms with Crippen LogP contribution in [0.2, 0.25) is 0 Å². The topological polar surface area (TPSA) is 90.7 Å². The minimum Gasteiger partial charge on any atom is -0.369 e. The zero-order valence-corrected chi connectivity index (χ0v) is 25.7. The first-order valence-corrected chi connectivity index (χ1v) is 15.5. The summed E-state index contributed by atoms with van der Waals surface area (Å²) in [5.74, 6) is -2.32. The number of piperazine rings is 1. The predicted octanol–water partition coefficient (Wildman–Crippen LogP) is 6.87. The molecule has 0 spiro atoms. The molecule has 1 fully saturated rings. The third-order valence-corrected chi connectivity index (χ3v) is 8.34. The number of aromatic nitrogens is 4. The Balaban J connectivity index is 1.16. The van der Waals surface area contributed by atoms with Crippen LogP contribution in [0.4, 0.5) is 31.8 Å². The van der Waals surface area contributed by atoms with Gasteiger partial charge in [0, 0.05) is 61.2 Å². The molecule has 236 valence electrons. The van der Waals surface area contributed by atoms with E-state index in [1.165, 1.54) is 11.8 Å². The third-order valence-electron chi connectivity index (χ3n) is 8.34. The fraction of sp³-hybridized carbons (Fsp3) is 0.167. The summed E-state index contributed by atoms with van der Waals surface area (Å²) in [6.45, 7) is 7.42. The summed E-state index contributed by atoms with van der Waals surface area (Å²) in [5.41, 5.74) is 5.30. The molecule has 6 aromatic rings. The van der Waals surface area contributed by atoms with Gasteiger partial charge in [-0.25, -0.2) is 23.3 Å². The number of likely N-dealkylation sites (N-methyl/N-ethyl adjacent to an activating group) is 1. The molecule has 9 nitrogen and oxygen atoms in total. The van der Waals surface area contributed by atoms with E-state index in [1.54, 1.807) is 28.9 Å². The number of halogens is 2. The van der Waals surface area contributed by atoms with Gasteiger partial charge in [0.2, 0.25) is 5.95 Å². The number of amides is 1. The number of rotatable bonds is 8. The SMILES string of the molecule is CCN1CCN(c2ccc(Nc3nccc(-c4c(-c5cccc(NC(=O)c6c(F)cccc6F)c5)nn5ccccc45)n3)cc2)CC1. The Labute approximate surface area is 270 Å². The highest BCUT2D eigenvalue weighted by atomic mass is 19.1. The van der Waals surface area contributed by atoms with E-state index in [4.69, 9.17) is 10.1 Å². The lowest BCUT2D eigenvalue weighted by Gasteiger charge is -2.35. The number of benzene rings is 3. The number of nitrogens with one attached hydrogen (secondary N) is 2. The quantitative estimate of drug-likeness (QED) is 0.190. The first-order chi connectivity index (χ1) is 23.0. The lowest BCUT2D eigenvalue weighted by molar-refractivity contribution is 0.101. The highest BCUT2D eigenvalue weighted by molar-refractivity contribution is 6.05. The van der Waals surface area contributed by atoms with Crippen molar-refractivity contribution in [1.29, 1.82) is 0 Å². The lowest BCUT2D eigenvalue weighted by atomic mass is 10.0. The maximum atomic E-state index is 14.3. The largest absolute Gasteiger partial charge is 0.369 e. The molecule has 0 unspecified atom stereocenters. The average Bonchev–Trinajstić information content (AvgIpc) is 3.49. The van der Waals surface area contributed by atoms with Crippen LogP contribution >= 0.6 is 0 Å². The molecule has 1 aliphatic heterocycles. The van der Waals surface area contributed by atoms with Gasteiger partial charge in [-0.1, -0.05) is 31.2 Å². The second-order valence-electron chi connectivity index (χ2n) is 11.2. The van der Waals surface area contributed by atoms with Crippen molar-refractivity contribution in [2.24, 2.45) is 0 Å². The van der Waals surface area contributed by atoms with Crippen molar-refractivity contribution < 1.29 is 13.6 Å². The van der Waals surface area contributed by atoms with Crippen LogP contribution in [0.3, 0.4) is 0 Å². The molecule has 47 heavy (non-hydrogen) atoms. The minimum absolute atomic E-state index is 0.360. The number of pyridine rings is 1. The van der Waals surface area contributed by atoms with Crippen LogP contribution in [0, 0.1) is 11.6 Å². The van der Waals surface area contributed by atoms with Gasteiger partial charge >= 0.3 is 0 Å². The molecule has 1 saturated heterocycles. The fourth-order valence-corrected chi connectivity index (χ4v) is 5.87. The molecule has 7 rings (SSSR count). The fourth-order valence-electron chi connectivity index (χ4n) is 5.87. The molecule has 0 saturated carbocycles. The Hall–Kier alpha value is -5.68. The lowest BCUT2D eigenvalue weighted by Crippen LogP contribution is -2.46. The molecule has 1 aliphatic rings. The van der Waals surface area contributed by atoms with E-state index >= 15 is 0 Å². The second kappa shape index (κ2) is 13.0. The maximum absolute atomic E-state index is 14.3. The average molecular weight is 631 g/mol. The van der Waals surface area contributed by atoms with Crippen LogP contribution in [-0.2, 0) is 0 Å². The first kappa shape index (κ1) is 30.0. The monoisotopic (exact) mass is 630 g/mol. The molecule has 1 amide bonds. The van der Waals surface area contributed by atoms with Gasteiger partial charge in [-0.3, -0.25) is 4.79 Å². The number of hydrogen-bond acceptors (Lipinski definition) is 7. The van der Waals surface area contributed by atoms with Crippen molar-refractivity contribution in [3.05, 3.63) is 121 Å². The molecule has 11 heteroatoms. The number of fused-ring (bicyclic) bond motifs is 1. The van der Waals surface area contributed by atoms with Crippen LogP contribution in [0.1, 0.15) is 17.3 Å². The minimum atomic E-state index is -0.934. The number of nitrogens with zero attached hydrogens (tertiary/aromatic N) is 6. The van der Waals surface area contributed by atoms with Gasteiger partial charge < -0.3 is 20.4 Å². The molecule has 0 aliphatic carbocycles. The summed E-state index contributed by atoms with van der Waals surface area (Å²) in [7, 11) is 0. The van der Waals surface area contributed by atoms with E-state index in [0.717, 1.165) is 61.6 Å². The van der Waals surface area contributed by atoms with Gasteiger partial charge in [-0.05, 0) is 73.3 Å². The zero-order valence-electron chi connectivity index (χ0n) is 25.7. The summed E-state index contributed by atoms with van der Waals surface area (Å²) >= 11 is 0. The molecular weight excluding hydrogens is 598 g/mol. The van der Waals surface area contributed by atoms with Gasteiger partial charge in [-0.2, -0.15) is 5.10 Å². The molecule has 2 N–H and O–H groups in total. The van der Waals surface area contributed by atoms with Crippen LogP contribution < -0.4 is 15.5 Å². The molecular formula is C36H32F2N8O.